The molecule has 0 aromatic rings. The molecule has 0 unspecified atom stereocenters. The van der Waals surface area contributed by atoms with Crippen LogP contribution >= 0.6 is 0 Å². The van der Waals surface area contributed by atoms with E-state index in [4.69, 9.17) is 9.84 Å². The van der Waals surface area contributed by atoms with Gasteiger partial charge in [-0.05, 0) is 6.42 Å². The Balaban J connectivity index is 2.34. The van der Waals surface area contributed by atoms with Crippen molar-refractivity contribution in [2.24, 2.45) is 0 Å². The van der Waals surface area contributed by atoms with E-state index in [9.17, 15) is 20.1 Å². The van der Waals surface area contributed by atoms with E-state index in [-0.39, 0.29) is 5.91 Å². The Morgan fingerprint density at radius 3 is 1.89 bits per heavy atom. The lowest BCUT2D eigenvalue weighted by molar-refractivity contribution is -0.270. The van der Waals surface area contributed by atoms with Crippen LogP contribution in [0.4, 0.5) is 0 Å². The number of unbranched alkanes of at least 4 members (excludes halogenated alkanes) is 9. The van der Waals surface area contributed by atoms with Crippen LogP contribution in [0.15, 0.2) is 0 Å². The molecule has 0 radical (unpaired) electrons. The number of amides is 1. The largest absolute Gasteiger partial charge is 0.394 e. The van der Waals surface area contributed by atoms with Gasteiger partial charge in [0.2, 0.25) is 5.91 Å². The van der Waals surface area contributed by atoms with Gasteiger partial charge >= 0.3 is 0 Å². The van der Waals surface area contributed by atoms with E-state index in [1.165, 1.54) is 56.8 Å². The monoisotopic (exact) mass is 389 g/mol. The number of nitrogens with zero attached hydrogens (tertiary/aromatic N) is 1. The zero-order valence-corrected chi connectivity index (χ0v) is 16.9. The number of carbonyl (C=O) groups is 1. The Morgan fingerprint density at radius 1 is 0.889 bits per heavy atom. The summed E-state index contributed by atoms with van der Waals surface area (Å²) in [5, 5.41) is 39.6. The normalized spacial score (nSPS) is 28.3. The highest BCUT2D eigenvalue weighted by atomic mass is 16.6. The van der Waals surface area contributed by atoms with Crippen molar-refractivity contribution in [3.05, 3.63) is 0 Å². The van der Waals surface area contributed by atoms with E-state index >= 15 is 0 Å². The molecule has 160 valence electrons. The van der Waals surface area contributed by atoms with Gasteiger partial charge < -0.3 is 30.1 Å². The second-order valence-corrected chi connectivity index (χ2v) is 7.61. The second kappa shape index (κ2) is 13.4. The van der Waals surface area contributed by atoms with Crippen molar-refractivity contribution >= 4 is 5.91 Å². The summed E-state index contributed by atoms with van der Waals surface area (Å²) < 4.78 is 5.16. The van der Waals surface area contributed by atoms with E-state index in [1.807, 2.05) is 0 Å². The van der Waals surface area contributed by atoms with Gasteiger partial charge in [0.05, 0.1) is 6.61 Å². The maximum Gasteiger partial charge on any atom is 0.219 e. The third-order valence-electron chi connectivity index (χ3n) is 5.38. The molecular weight excluding hydrogens is 350 g/mol. The quantitative estimate of drug-likeness (QED) is 0.356. The van der Waals surface area contributed by atoms with Crippen molar-refractivity contribution in [2.45, 2.75) is 109 Å². The Morgan fingerprint density at radius 2 is 1.41 bits per heavy atom. The SMILES string of the molecule is CCCCCCCCCCCCN(C(C)=O)[C@@H]1[C@@H](O)[C@H](O)[C@@H](CO)O[C@@H]1O. The minimum Gasteiger partial charge on any atom is -0.394 e. The molecule has 27 heavy (non-hydrogen) atoms. The zero-order valence-electron chi connectivity index (χ0n) is 16.9. The molecule has 1 amide bonds. The van der Waals surface area contributed by atoms with Gasteiger partial charge in [0.15, 0.2) is 6.29 Å². The summed E-state index contributed by atoms with van der Waals surface area (Å²) in [6.07, 6.45) is 6.54. The van der Waals surface area contributed by atoms with E-state index in [1.54, 1.807) is 0 Å². The second-order valence-electron chi connectivity index (χ2n) is 7.61. The number of hydrogen-bond acceptors (Lipinski definition) is 6. The Bertz CT molecular complexity index is 408. The number of hydrogen-bond donors (Lipinski definition) is 4. The van der Waals surface area contributed by atoms with E-state index in [0.29, 0.717) is 6.54 Å². The van der Waals surface area contributed by atoms with Crippen molar-refractivity contribution < 1.29 is 30.0 Å². The Kier molecular flexibility index (Phi) is 12.1. The average Bonchev–Trinajstić information content (AvgIpc) is 2.64. The van der Waals surface area contributed by atoms with Crippen molar-refractivity contribution in [2.75, 3.05) is 13.2 Å². The molecule has 1 aliphatic heterocycles. The molecule has 7 nitrogen and oxygen atoms in total. The molecule has 0 saturated carbocycles. The molecule has 0 aromatic carbocycles. The van der Waals surface area contributed by atoms with Crippen LogP contribution in [0.1, 0.15) is 78.1 Å². The fraction of sp³-hybridized carbons (Fsp3) is 0.950. The van der Waals surface area contributed by atoms with Gasteiger partial charge in [-0.15, -0.1) is 0 Å². The van der Waals surface area contributed by atoms with Gasteiger partial charge in [0.1, 0.15) is 24.4 Å². The minimum absolute atomic E-state index is 0.285. The maximum atomic E-state index is 12.0. The van der Waals surface area contributed by atoms with Crippen LogP contribution in [0.5, 0.6) is 0 Å². The van der Waals surface area contributed by atoms with Gasteiger partial charge in [0, 0.05) is 13.5 Å². The van der Waals surface area contributed by atoms with Crippen LogP contribution in [-0.2, 0) is 9.53 Å². The van der Waals surface area contributed by atoms with E-state index in [2.05, 4.69) is 6.92 Å². The number of ether oxygens (including phenoxy) is 1. The van der Waals surface area contributed by atoms with Crippen LogP contribution in [0, 0.1) is 0 Å². The topological polar surface area (TPSA) is 110 Å². The van der Waals surface area contributed by atoms with Crippen LogP contribution in [-0.4, -0.2) is 75.0 Å². The molecule has 0 bridgehead atoms. The number of aliphatic hydroxyl groups excluding tert-OH is 4. The predicted octanol–water partition coefficient (Wildman–Crippen LogP) is 1.56. The fourth-order valence-electron chi connectivity index (χ4n) is 3.71. The van der Waals surface area contributed by atoms with Gasteiger partial charge in [-0.3, -0.25) is 4.79 Å². The molecular formula is C20H39NO6. The summed E-state index contributed by atoms with van der Waals surface area (Å²) in [6.45, 7) is 3.47. The molecule has 1 aliphatic rings. The molecule has 0 aromatic heterocycles. The molecule has 1 heterocycles. The highest BCUT2D eigenvalue weighted by molar-refractivity contribution is 5.73. The van der Waals surface area contributed by atoms with Crippen LogP contribution in [0.2, 0.25) is 0 Å². The third-order valence-corrected chi connectivity index (χ3v) is 5.38. The first-order valence-electron chi connectivity index (χ1n) is 10.5. The lowest BCUT2D eigenvalue weighted by Gasteiger charge is -2.44. The van der Waals surface area contributed by atoms with Crippen LogP contribution < -0.4 is 0 Å². The first kappa shape index (κ1) is 24.3. The molecule has 1 fully saturated rings. The summed E-state index contributed by atoms with van der Waals surface area (Å²) in [5.41, 5.74) is 0. The first-order chi connectivity index (χ1) is 12.9. The zero-order chi connectivity index (χ0) is 20.2. The molecule has 0 aliphatic carbocycles. The van der Waals surface area contributed by atoms with E-state index in [0.717, 1.165) is 19.3 Å². The highest BCUT2D eigenvalue weighted by Gasteiger charge is 2.46. The molecule has 5 atom stereocenters. The number of aliphatic hydroxyl groups is 4. The van der Waals surface area contributed by atoms with Crippen molar-refractivity contribution in [3.8, 4) is 0 Å². The molecule has 1 saturated heterocycles. The predicted molar refractivity (Wildman–Crippen MR) is 103 cm³/mol. The summed E-state index contributed by atoms with van der Waals surface area (Å²) >= 11 is 0. The molecule has 0 spiro atoms. The van der Waals surface area contributed by atoms with Gasteiger partial charge in [-0.1, -0.05) is 64.7 Å². The van der Waals surface area contributed by atoms with Crippen molar-refractivity contribution in [1.29, 1.82) is 0 Å². The van der Waals surface area contributed by atoms with Crippen LogP contribution in [0.3, 0.4) is 0 Å². The van der Waals surface area contributed by atoms with Crippen LogP contribution in [0.25, 0.3) is 0 Å². The van der Waals surface area contributed by atoms with Crippen molar-refractivity contribution in [3.63, 3.8) is 0 Å². The summed E-state index contributed by atoms with van der Waals surface area (Å²) in [4.78, 5) is 13.4. The number of rotatable bonds is 13. The van der Waals surface area contributed by atoms with Gasteiger partial charge in [0.25, 0.3) is 0 Å². The fourth-order valence-corrected chi connectivity index (χ4v) is 3.71. The molecule has 1 rings (SSSR count). The van der Waals surface area contributed by atoms with Gasteiger partial charge in [-0.2, -0.15) is 0 Å². The Hall–Kier alpha value is -0.730. The molecule has 7 heteroatoms. The lowest BCUT2D eigenvalue weighted by Crippen LogP contribution is -2.65. The summed E-state index contributed by atoms with van der Waals surface area (Å²) in [7, 11) is 0. The van der Waals surface area contributed by atoms with E-state index < -0.39 is 37.3 Å². The maximum absolute atomic E-state index is 12.0. The van der Waals surface area contributed by atoms with Crippen molar-refractivity contribution in [1.82, 2.24) is 4.90 Å². The third kappa shape index (κ3) is 8.03. The summed E-state index contributed by atoms with van der Waals surface area (Å²) in [6, 6.07) is -1.03. The van der Waals surface area contributed by atoms with Gasteiger partial charge in [-0.25, -0.2) is 0 Å². The average molecular weight is 390 g/mol. The first-order valence-corrected chi connectivity index (χ1v) is 10.5. The molecule has 4 N–H and O–H groups in total. The smallest absolute Gasteiger partial charge is 0.219 e. The lowest BCUT2D eigenvalue weighted by atomic mass is 9.95. The highest BCUT2D eigenvalue weighted by Crippen LogP contribution is 2.24. The number of carbonyl (C=O) groups excluding carboxylic acids is 1. The Labute approximate surface area is 163 Å². The summed E-state index contributed by atoms with van der Waals surface area (Å²) in [5.74, 6) is -0.285. The minimum atomic E-state index is -1.44. The standard InChI is InChI=1S/C20H39NO6/c1-3-4-5-6-7-8-9-10-11-12-13-21(15(2)23)17-19(25)18(24)16(14-22)27-20(17)26/h16-20,22,24-26H,3-14H2,1-2H3/t16-,17-,18-,19-,20+/m1/s1.